The lowest BCUT2D eigenvalue weighted by molar-refractivity contribution is 0.274. The molecule has 0 aromatic heterocycles. The van der Waals surface area contributed by atoms with E-state index in [1.807, 2.05) is 19.2 Å². The zero-order valence-electron chi connectivity index (χ0n) is 9.31. The fourth-order valence-corrected chi connectivity index (χ4v) is 2.28. The predicted octanol–water partition coefficient (Wildman–Crippen LogP) is 2.37. The Morgan fingerprint density at radius 1 is 1.56 bits per heavy atom. The molecule has 0 saturated heterocycles. The molecule has 0 spiro atoms. The molecule has 1 aromatic carbocycles. The van der Waals surface area contributed by atoms with Crippen LogP contribution in [0.25, 0.3) is 0 Å². The minimum atomic E-state index is 0. The fraction of sp³-hybridized carbons (Fsp3) is 0.385. The van der Waals surface area contributed by atoms with E-state index in [9.17, 15) is 5.11 Å². The highest BCUT2D eigenvalue weighted by molar-refractivity contribution is 5.85. The molecule has 0 unspecified atom stereocenters. The number of hydrogen-bond acceptors (Lipinski definition) is 2. The third-order valence-electron chi connectivity index (χ3n) is 3.05. The third-order valence-corrected chi connectivity index (χ3v) is 3.05. The standard InChI is InChI=1S/C13H15NO.ClH/c1-3-8-14(2)13-7-5-10-4-6-11(15)9-12(10)13;/h1,4,6,9,13,15H,5,7-8H2,2H3;1H/t13-;/m0./s1. The van der Waals surface area contributed by atoms with Gasteiger partial charge in [-0.1, -0.05) is 12.0 Å². The Morgan fingerprint density at radius 2 is 2.31 bits per heavy atom. The van der Waals surface area contributed by atoms with E-state index >= 15 is 0 Å². The summed E-state index contributed by atoms with van der Waals surface area (Å²) in [6.45, 7) is 0.653. The van der Waals surface area contributed by atoms with Crippen LogP contribution in [-0.2, 0) is 6.42 Å². The molecule has 0 heterocycles. The molecule has 86 valence electrons. The van der Waals surface area contributed by atoms with E-state index in [1.165, 1.54) is 11.1 Å². The second kappa shape index (κ2) is 5.25. The van der Waals surface area contributed by atoms with E-state index in [0.29, 0.717) is 18.3 Å². The van der Waals surface area contributed by atoms with Gasteiger partial charge in [0.2, 0.25) is 0 Å². The van der Waals surface area contributed by atoms with Crippen molar-refractivity contribution < 1.29 is 5.11 Å². The van der Waals surface area contributed by atoms with Gasteiger partial charge in [0.15, 0.2) is 0 Å². The molecule has 0 amide bonds. The fourth-order valence-electron chi connectivity index (χ4n) is 2.28. The molecule has 1 atom stereocenters. The van der Waals surface area contributed by atoms with Crippen molar-refractivity contribution in [1.82, 2.24) is 4.90 Å². The van der Waals surface area contributed by atoms with Crippen LogP contribution in [0, 0.1) is 12.3 Å². The molecule has 0 bridgehead atoms. The van der Waals surface area contributed by atoms with Crippen LogP contribution in [0.4, 0.5) is 0 Å². The maximum absolute atomic E-state index is 9.47. The largest absolute Gasteiger partial charge is 0.508 e. The van der Waals surface area contributed by atoms with Gasteiger partial charge in [0, 0.05) is 6.04 Å². The van der Waals surface area contributed by atoms with E-state index < -0.39 is 0 Å². The van der Waals surface area contributed by atoms with Crippen molar-refractivity contribution >= 4 is 12.4 Å². The van der Waals surface area contributed by atoms with Crippen LogP contribution in [0.15, 0.2) is 18.2 Å². The molecule has 1 aliphatic rings. The zero-order valence-corrected chi connectivity index (χ0v) is 10.1. The number of fused-ring (bicyclic) bond motifs is 1. The van der Waals surface area contributed by atoms with Crippen LogP contribution < -0.4 is 0 Å². The average molecular weight is 238 g/mol. The summed E-state index contributed by atoms with van der Waals surface area (Å²) in [5.41, 5.74) is 2.56. The van der Waals surface area contributed by atoms with Gasteiger partial charge < -0.3 is 5.11 Å². The monoisotopic (exact) mass is 237 g/mol. The second-order valence-electron chi connectivity index (χ2n) is 4.06. The van der Waals surface area contributed by atoms with Crippen molar-refractivity contribution in [2.45, 2.75) is 18.9 Å². The summed E-state index contributed by atoms with van der Waals surface area (Å²) in [6, 6.07) is 5.99. The van der Waals surface area contributed by atoms with Gasteiger partial charge in [-0.2, -0.15) is 0 Å². The van der Waals surface area contributed by atoms with Gasteiger partial charge in [-0.3, -0.25) is 4.90 Å². The summed E-state index contributed by atoms with van der Waals surface area (Å²) >= 11 is 0. The predicted molar refractivity (Wildman–Crippen MR) is 67.9 cm³/mol. The number of benzene rings is 1. The number of phenols is 1. The smallest absolute Gasteiger partial charge is 0.115 e. The Hall–Kier alpha value is -1.17. The zero-order chi connectivity index (χ0) is 10.8. The van der Waals surface area contributed by atoms with E-state index in [1.54, 1.807) is 6.07 Å². The van der Waals surface area contributed by atoms with Crippen LogP contribution in [0.3, 0.4) is 0 Å². The Balaban J connectivity index is 0.00000128. The first-order valence-electron chi connectivity index (χ1n) is 5.18. The minimum Gasteiger partial charge on any atom is -0.508 e. The first kappa shape index (κ1) is 12.9. The first-order chi connectivity index (χ1) is 7.22. The number of hydrogen-bond donors (Lipinski definition) is 1. The summed E-state index contributed by atoms with van der Waals surface area (Å²) in [6.07, 6.45) is 7.48. The van der Waals surface area contributed by atoms with Crippen LogP contribution in [0.1, 0.15) is 23.6 Å². The minimum absolute atomic E-state index is 0. The molecule has 0 aliphatic heterocycles. The Morgan fingerprint density at radius 3 is 3.00 bits per heavy atom. The Kier molecular flexibility index (Phi) is 4.23. The van der Waals surface area contributed by atoms with Crippen molar-refractivity contribution in [2.75, 3.05) is 13.6 Å². The van der Waals surface area contributed by atoms with Crippen molar-refractivity contribution in [2.24, 2.45) is 0 Å². The van der Waals surface area contributed by atoms with Crippen molar-refractivity contribution in [1.29, 1.82) is 0 Å². The van der Waals surface area contributed by atoms with Crippen molar-refractivity contribution in [3.05, 3.63) is 29.3 Å². The van der Waals surface area contributed by atoms with Crippen molar-refractivity contribution in [3.63, 3.8) is 0 Å². The topological polar surface area (TPSA) is 23.5 Å². The number of terminal acetylenes is 1. The number of halogens is 1. The summed E-state index contributed by atoms with van der Waals surface area (Å²) in [4.78, 5) is 2.16. The average Bonchev–Trinajstić information content (AvgIpc) is 2.60. The van der Waals surface area contributed by atoms with Gasteiger partial charge in [0.25, 0.3) is 0 Å². The maximum Gasteiger partial charge on any atom is 0.115 e. The van der Waals surface area contributed by atoms with E-state index in [-0.39, 0.29) is 12.4 Å². The molecule has 2 nitrogen and oxygen atoms in total. The van der Waals surface area contributed by atoms with Gasteiger partial charge in [-0.25, -0.2) is 0 Å². The van der Waals surface area contributed by atoms with Gasteiger partial charge in [0.05, 0.1) is 6.54 Å². The summed E-state index contributed by atoms with van der Waals surface area (Å²) in [5.74, 6) is 3.00. The van der Waals surface area contributed by atoms with E-state index in [4.69, 9.17) is 6.42 Å². The normalized spacial score (nSPS) is 17.7. The lowest BCUT2D eigenvalue weighted by Crippen LogP contribution is -2.23. The highest BCUT2D eigenvalue weighted by atomic mass is 35.5. The highest BCUT2D eigenvalue weighted by Crippen LogP contribution is 2.36. The molecular formula is C13H16ClNO. The Labute approximate surface area is 103 Å². The quantitative estimate of drug-likeness (QED) is 0.799. The molecule has 3 heteroatoms. The number of phenolic OH excluding ortho intramolecular Hbond substituents is 1. The van der Waals surface area contributed by atoms with Gasteiger partial charge in [0.1, 0.15) is 5.75 Å². The molecule has 1 aliphatic carbocycles. The SMILES string of the molecule is C#CCN(C)[C@H]1CCc2ccc(O)cc21.Cl. The highest BCUT2D eigenvalue weighted by Gasteiger charge is 2.25. The molecule has 1 N–H and O–H groups in total. The van der Waals surface area contributed by atoms with Gasteiger partial charge in [-0.05, 0) is 43.1 Å². The molecular weight excluding hydrogens is 222 g/mol. The first-order valence-corrected chi connectivity index (χ1v) is 5.18. The molecule has 1 aromatic rings. The van der Waals surface area contributed by atoms with E-state index in [2.05, 4.69) is 10.8 Å². The van der Waals surface area contributed by atoms with Crippen molar-refractivity contribution in [3.8, 4) is 18.1 Å². The number of aryl methyl sites for hydroxylation is 1. The molecule has 16 heavy (non-hydrogen) atoms. The molecule has 2 rings (SSSR count). The lowest BCUT2D eigenvalue weighted by atomic mass is 10.1. The van der Waals surface area contributed by atoms with Crippen LogP contribution >= 0.6 is 12.4 Å². The van der Waals surface area contributed by atoms with E-state index in [0.717, 1.165) is 12.8 Å². The number of aromatic hydroxyl groups is 1. The summed E-state index contributed by atoms with van der Waals surface area (Å²) < 4.78 is 0. The maximum atomic E-state index is 9.47. The number of nitrogens with zero attached hydrogens (tertiary/aromatic N) is 1. The number of rotatable bonds is 2. The summed E-state index contributed by atoms with van der Waals surface area (Å²) in [5, 5.41) is 9.47. The van der Waals surface area contributed by atoms with Gasteiger partial charge in [-0.15, -0.1) is 18.8 Å². The van der Waals surface area contributed by atoms with Crippen LogP contribution in [0.5, 0.6) is 5.75 Å². The summed E-state index contributed by atoms with van der Waals surface area (Å²) in [7, 11) is 2.03. The lowest BCUT2D eigenvalue weighted by Gasteiger charge is -2.22. The van der Waals surface area contributed by atoms with Crippen LogP contribution in [0.2, 0.25) is 0 Å². The van der Waals surface area contributed by atoms with Gasteiger partial charge >= 0.3 is 0 Å². The molecule has 0 fully saturated rings. The molecule has 0 saturated carbocycles. The van der Waals surface area contributed by atoms with Crippen LogP contribution in [-0.4, -0.2) is 23.6 Å². The second-order valence-corrected chi connectivity index (χ2v) is 4.06. The molecule has 0 radical (unpaired) electrons. The Bertz CT molecular complexity index is 411. The third kappa shape index (κ3) is 2.32.